The number of morpholine rings is 1. The van der Waals surface area contributed by atoms with E-state index >= 15 is 0 Å². The number of ether oxygens (including phenoxy) is 1. The summed E-state index contributed by atoms with van der Waals surface area (Å²) >= 11 is 5.92. The molecule has 1 aliphatic rings. The van der Waals surface area contributed by atoms with Crippen LogP contribution in [0.2, 0.25) is 5.02 Å². The molecule has 0 saturated carbocycles. The topological polar surface area (TPSA) is 32.7 Å². The van der Waals surface area contributed by atoms with Crippen LogP contribution >= 0.6 is 11.6 Å². The zero-order valence-electron chi connectivity index (χ0n) is 9.97. The second-order valence-electron chi connectivity index (χ2n) is 4.49. The van der Waals surface area contributed by atoms with E-state index in [-0.39, 0.29) is 0 Å². The van der Waals surface area contributed by atoms with Crippen molar-refractivity contribution >= 4 is 11.6 Å². The van der Waals surface area contributed by atoms with Crippen LogP contribution < -0.4 is 0 Å². The van der Waals surface area contributed by atoms with E-state index in [1.54, 1.807) is 0 Å². The maximum atomic E-state index is 10.2. The highest BCUT2D eigenvalue weighted by Gasteiger charge is 2.21. The standard InChI is InChI=1S/C13H18ClNO2/c1-10-9-17-6-5-15(10)8-13(16)11-3-2-4-12(14)7-11/h2-4,7,10,13,16H,5-6,8-9H2,1H3. The van der Waals surface area contributed by atoms with Crippen molar-refractivity contribution in [2.75, 3.05) is 26.3 Å². The molecule has 4 heteroatoms. The van der Waals surface area contributed by atoms with Crippen molar-refractivity contribution in [1.82, 2.24) is 4.90 Å². The third kappa shape index (κ3) is 3.42. The lowest BCUT2D eigenvalue weighted by molar-refractivity contribution is -0.0203. The Bertz CT molecular complexity index is 372. The zero-order valence-corrected chi connectivity index (χ0v) is 10.7. The molecule has 1 aliphatic heterocycles. The Hall–Kier alpha value is -0.610. The minimum Gasteiger partial charge on any atom is -0.387 e. The Morgan fingerprint density at radius 2 is 2.41 bits per heavy atom. The Labute approximate surface area is 107 Å². The van der Waals surface area contributed by atoms with Gasteiger partial charge >= 0.3 is 0 Å². The Kier molecular flexibility index (Phi) is 4.40. The van der Waals surface area contributed by atoms with E-state index in [1.807, 2.05) is 24.3 Å². The van der Waals surface area contributed by atoms with Crippen molar-refractivity contribution < 1.29 is 9.84 Å². The van der Waals surface area contributed by atoms with E-state index < -0.39 is 6.10 Å². The summed E-state index contributed by atoms with van der Waals surface area (Å²) in [5.74, 6) is 0. The Balaban J connectivity index is 1.98. The smallest absolute Gasteiger partial charge is 0.0917 e. The van der Waals surface area contributed by atoms with Crippen molar-refractivity contribution in [3.05, 3.63) is 34.9 Å². The van der Waals surface area contributed by atoms with Gasteiger partial charge in [-0.25, -0.2) is 0 Å². The molecule has 1 aromatic carbocycles. The van der Waals surface area contributed by atoms with Gasteiger partial charge in [-0.15, -0.1) is 0 Å². The maximum absolute atomic E-state index is 10.2. The van der Waals surface area contributed by atoms with Gasteiger partial charge in [0, 0.05) is 24.2 Å². The van der Waals surface area contributed by atoms with Crippen molar-refractivity contribution in [3.63, 3.8) is 0 Å². The molecule has 0 bridgehead atoms. The first-order valence-electron chi connectivity index (χ1n) is 5.92. The molecule has 2 unspecified atom stereocenters. The molecule has 1 fully saturated rings. The van der Waals surface area contributed by atoms with Gasteiger partial charge in [0.25, 0.3) is 0 Å². The van der Waals surface area contributed by atoms with Crippen molar-refractivity contribution in [2.24, 2.45) is 0 Å². The zero-order chi connectivity index (χ0) is 12.3. The molecule has 3 nitrogen and oxygen atoms in total. The normalized spacial score (nSPS) is 23.6. The molecule has 2 rings (SSSR count). The third-order valence-electron chi connectivity index (χ3n) is 3.15. The molecule has 94 valence electrons. The van der Waals surface area contributed by atoms with Gasteiger partial charge in [0.1, 0.15) is 0 Å². The van der Waals surface area contributed by atoms with Crippen LogP contribution in [0, 0.1) is 0 Å². The molecule has 2 atom stereocenters. The summed E-state index contributed by atoms with van der Waals surface area (Å²) in [5, 5.41) is 10.8. The monoisotopic (exact) mass is 255 g/mol. The maximum Gasteiger partial charge on any atom is 0.0917 e. The predicted octanol–water partition coefficient (Wildman–Crippen LogP) is 2.09. The fourth-order valence-corrected chi connectivity index (χ4v) is 2.27. The summed E-state index contributed by atoms with van der Waals surface area (Å²) in [7, 11) is 0. The Morgan fingerprint density at radius 3 is 3.12 bits per heavy atom. The lowest BCUT2D eigenvalue weighted by atomic mass is 10.1. The van der Waals surface area contributed by atoms with Crippen LogP contribution in [-0.2, 0) is 4.74 Å². The van der Waals surface area contributed by atoms with Crippen LogP contribution in [0.25, 0.3) is 0 Å². The number of aliphatic hydroxyl groups is 1. The van der Waals surface area contributed by atoms with Gasteiger partial charge in [-0.1, -0.05) is 23.7 Å². The third-order valence-corrected chi connectivity index (χ3v) is 3.38. The molecular weight excluding hydrogens is 238 g/mol. The fraction of sp³-hybridized carbons (Fsp3) is 0.538. The second-order valence-corrected chi connectivity index (χ2v) is 4.93. The summed E-state index contributed by atoms with van der Waals surface area (Å²) in [6.45, 7) is 5.10. The number of hydrogen-bond acceptors (Lipinski definition) is 3. The molecule has 1 saturated heterocycles. The van der Waals surface area contributed by atoms with Crippen LogP contribution in [0.3, 0.4) is 0 Å². The van der Waals surface area contributed by atoms with E-state index in [0.29, 0.717) is 17.6 Å². The van der Waals surface area contributed by atoms with E-state index in [1.165, 1.54) is 0 Å². The minimum absolute atomic E-state index is 0.359. The second kappa shape index (κ2) is 5.83. The summed E-state index contributed by atoms with van der Waals surface area (Å²) in [6.07, 6.45) is -0.491. The predicted molar refractivity (Wildman–Crippen MR) is 68.3 cm³/mol. The number of benzene rings is 1. The molecule has 0 aliphatic carbocycles. The number of aliphatic hydroxyl groups excluding tert-OH is 1. The van der Waals surface area contributed by atoms with Crippen LogP contribution in [0.1, 0.15) is 18.6 Å². The molecule has 0 aromatic heterocycles. The van der Waals surface area contributed by atoms with Crippen LogP contribution in [0.15, 0.2) is 24.3 Å². The van der Waals surface area contributed by atoms with E-state index in [2.05, 4.69) is 11.8 Å². The van der Waals surface area contributed by atoms with Gasteiger partial charge in [0.15, 0.2) is 0 Å². The lowest BCUT2D eigenvalue weighted by Gasteiger charge is -2.34. The van der Waals surface area contributed by atoms with Gasteiger partial charge in [-0.2, -0.15) is 0 Å². The largest absolute Gasteiger partial charge is 0.387 e. The summed E-state index contributed by atoms with van der Waals surface area (Å²) < 4.78 is 5.37. The first-order chi connectivity index (χ1) is 8.16. The number of hydrogen-bond donors (Lipinski definition) is 1. The van der Waals surface area contributed by atoms with Gasteiger partial charge in [0.05, 0.1) is 19.3 Å². The molecule has 1 heterocycles. The van der Waals surface area contributed by atoms with E-state index in [0.717, 1.165) is 25.3 Å². The molecule has 1 aromatic rings. The highest BCUT2D eigenvalue weighted by Crippen LogP contribution is 2.20. The first kappa shape index (κ1) is 12.8. The average molecular weight is 256 g/mol. The average Bonchev–Trinajstić information content (AvgIpc) is 2.32. The van der Waals surface area contributed by atoms with E-state index in [4.69, 9.17) is 16.3 Å². The van der Waals surface area contributed by atoms with Crippen LogP contribution in [0.4, 0.5) is 0 Å². The van der Waals surface area contributed by atoms with Crippen LogP contribution in [-0.4, -0.2) is 42.4 Å². The fourth-order valence-electron chi connectivity index (χ4n) is 2.07. The quantitative estimate of drug-likeness (QED) is 0.898. The van der Waals surface area contributed by atoms with Crippen LogP contribution in [0.5, 0.6) is 0 Å². The van der Waals surface area contributed by atoms with Crippen molar-refractivity contribution in [1.29, 1.82) is 0 Å². The minimum atomic E-state index is -0.491. The molecule has 17 heavy (non-hydrogen) atoms. The molecule has 0 spiro atoms. The first-order valence-corrected chi connectivity index (χ1v) is 6.30. The van der Waals surface area contributed by atoms with Crippen molar-refractivity contribution in [2.45, 2.75) is 19.1 Å². The van der Waals surface area contributed by atoms with Crippen molar-refractivity contribution in [3.8, 4) is 0 Å². The number of nitrogens with zero attached hydrogens (tertiary/aromatic N) is 1. The summed E-state index contributed by atoms with van der Waals surface area (Å²) in [6, 6.07) is 7.76. The highest BCUT2D eigenvalue weighted by molar-refractivity contribution is 6.30. The van der Waals surface area contributed by atoms with Gasteiger partial charge in [-0.3, -0.25) is 4.90 Å². The highest BCUT2D eigenvalue weighted by atomic mass is 35.5. The Morgan fingerprint density at radius 1 is 1.59 bits per heavy atom. The SMILES string of the molecule is CC1COCCN1CC(O)c1cccc(Cl)c1. The van der Waals surface area contributed by atoms with Gasteiger partial charge in [0.2, 0.25) is 0 Å². The lowest BCUT2D eigenvalue weighted by Crippen LogP contribution is -2.45. The molecule has 0 amide bonds. The number of rotatable bonds is 3. The van der Waals surface area contributed by atoms with Gasteiger partial charge < -0.3 is 9.84 Å². The number of β-amino-alcohol motifs (C(OH)–C–C–N with tert-alkyl or cyclic N) is 1. The molecule has 0 radical (unpaired) electrons. The molecular formula is C13H18ClNO2. The molecule has 1 N–H and O–H groups in total. The summed E-state index contributed by atoms with van der Waals surface area (Å²) in [4.78, 5) is 2.25. The number of halogens is 1. The van der Waals surface area contributed by atoms with Gasteiger partial charge in [-0.05, 0) is 24.6 Å². The van der Waals surface area contributed by atoms with E-state index in [9.17, 15) is 5.11 Å². The summed E-state index contributed by atoms with van der Waals surface area (Å²) in [5.41, 5.74) is 0.871.